The number of urea groups is 1. The predicted molar refractivity (Wildman–Crippen MR) is 59.0 cm³/mol. The summed E-state index contributed by atoms with van der Waals surface area (Å²) in [5.41, 5.74) is 2.54. The lowest BCUT2D eigenvalue weighted by molar-refractivity contribution is -0.125. The highest BCUT2D eigenvalue weighted by Crippen LogP contribution is 2.17. The van der Waals surface area contributed by atoms with Gasteiger partial charge in [-0.25, -0.2) is 10.6 Å². The number of nitrogens with one attached hydrogen (secondary N) is 2. The van der Waals surface area contributed by atoms with Gasteiger partial charge in [0.15, 0.2) is 5.76 Å². The van der Waals surface area contributed by atoms with Crippen molar-refractivity contribution >= 4 is 17.8 Å². The molecule has 0 aromatic carbocycles. The lowest BCUT2D eigenvalue weighted by Crippen LogP contribution is -2.30. The molecule has 8 nitrogen and oxygen atoms in total. The van der Waals surface area contributed by atoms with Crippen molar-refractivity contribution in [3.8, 4) is 0 Å². The van der Waals surface area contributed by atoms with Crippen molar-refractivity contribution in [1.29, 1.82) is 0 Å². The van der Waals surface area contributed by atoms with Gasteiger partial charge in [0, 0.05) is 5.56 Å². The third-order valence-corrected chi connectivity index (χ3v) is 2.56. The average molecular weight is 252 g/mol. The maximum atomic E-state index is 11.4. The van der Waals surface area contributed by atoms with E-state index in [1.54, 1.807) is 13.0 Å². The van der Waals surface area contributed by atoms with Gasteiger partial charge in [-0.3, -0.25) is 19.9 Å². The van der Waals surface area contributed by atoms with Crippen molar-refractivity contribution in [2.45, 2.75) is 13.5 Å². The average Bonchev–Trinajstić information content (AvgIpc) is 2.86. The Hall–Kier alpha value is -2.35. The van der Waals surface area contributed by atoms with Gasteiger partial charge >= 0.3 is 11.9 Å². The molecule has 4 amide bonds. The van der Waals surface area contributed by atoms with Crippen molar-refractivity contribution < 1.29 is 18.8 Å². The monoisotopic (exact) mass is 252 g/mol. The zero-order valence-electron chi connectivity index (χ0n) is 9.65. The summed E-state index contributed by atoms with van der Waals surface area (Å²) in [5.74, 6) is 4.52. The van der Waals surface area contributed by atoms with Gasteiger partial charge in [-0.2, -0.15) is 0 Å². The van der Waals surface area contributed by atoms with Gasteiger partial charge in [0.1, 0.15) is 5.76 Å². The molecular formula is C10H12N4O4. The van der Waals surface area contributed by atoms with E-state index in [0.29, 0.717) is 11.3 Å². The third kappa shape index (κ3) is 2.05. The fraction of sp³-hybridized carbons (Fsp3) is 0.300. The van der Waals surface area contributed by atoms with Crippen LogP contribution >= 0.6 is 0 Å². The number of imide groups is 1. The standard InChI is InChI=1S/C10H12N4O4/c1-5-2-6(18-8(5)9(16)13-11)4-14-7(15)3-12-10(14)17/h2H,3-4,11H2,1H3,(H,12,17)(H,13,16). The van der Waals surface area contributed by atoms with Gasteiger partial charge in [0.05, 0.1) is 13.1 Å². The van der Waals surface area contributed by atoms with Gasteiger partial charge in [-0.15, -0.1) is 0 Å². The van der Waals surface area contributed by atoms with E-state index in [1.165, 1.54) is 0 Å². The fourth-order valence-electron chi connectivity index (χ4n) is 1.69. The quantitative estimate of drug-likeness (QED) is 0.283. The van der Waals surface area contributed by atoms with Gasteiger partial charge in [-0.1, -0.05) is 0 Å². The SMILES string of the molecule is Cc1cc(CN2C(=O)CNC2=O)oc1C(=O)NN. The fourth-order valence-corrected chi connectivity index (χ4v) is 1.69. The molecule has 96 valence electrons. The van der Waals surface area contributed by atoms with Crippen LogP contribution in [0.5, 0.6) is 0 Å². The maximum Gasteiger partial charge on any atom is 0.325 e. The summed E-state index contributed by atoms with van der Waals surface area (Å²) >= 11 is 0. The Labute approximate surface area is 102 Å². The van der Waals surface area contributed by atoms with Crippen molar-refractivity contribution in [2.24, 2.45) is 5.84 Å². The number of rotatable bonds is 3. The molecule has 0 bridgehead atoms. The highest BCUT2D eigenvalue weighted by molar-refractivity contribution is 6.01. The van der Waals surface area contributed by atoms with Gasteiger partial charge < -0.3 is 9.73 Å². The Kier molecular flexibility index (Phi) is 3.02. The normalized spacial score (nSPS) is 14.9. The van der Waals surface area contributed by atoms with Gasteiger partial charge in [0.25, 0.3) is 0 Å². The van der Waals surface area contributed by atoms with Gasteiger partial charge in [0.2, 0.25) is 5.91 Å². The zero-order valence-corrected chi connectivity index (χ0v) is 9.65. The van der Waals surface area contributed by atoms with Crippen LogP contribution in [0.25, 0.3) is 0 Å². The first-order valence-electron chi connectivity index (χ1n) is 5.21. The number of nitrogen functional groups attached to an aromatic ring is 1. The van der Waals surface area contributed by atoms with Crippen molar-refractivity contribution in [3.05, 3.63) is 23.2 Å². The topological polar surface area (TPSA) is 118 Å². The second-order valence-corrected chi connectivity index (χ2v) is 3.84. The first kappa shape index (κ1) is 12.1. The van der Waals surface area contributed by atoms with Gasteiger partial charge in [-0.05, 0) is 13.0 Å². The smallest absolute Gasteiger partial charge is 0.325 e. The second-order valence-electron chi connectivity index (χ2n) is 3.84. The van der Waals surface area contributed by atoms with E-state index < -0.39 is 11.9 Å². The second kappa shape index (κ2) is 4.49. The summed E-state index contributed by atoms with van der Waals surface area (Å²) in [5, 5.41) is 2.39. The summed E-state index contributed by atoms with van der Waals surface area (Å²) < 4.78 is 5.26. The lowest BCUT2D eigenvalue weighted by Gasteiger charge is -2.09. The zero-order chi connectivity index (χ0) is 13.3. The lowest BCUT2D eigenvalue weighted by atomic mass is 10.2. The number of nitrogens with zero attached hydrogens (tertiary/aromatic N) is 1. The Balaban J connectivity index is 2.18. The van der Waals surface area contributed by atoms with Crippen LogP contribution in [0.15, 0.2) is 10.5 Å². The minimum absolute atomic E-state index is 0.0106. The van der Waals surface area contributed by atoms with Crippen LogP contribution in [0.3, 0.4) is 0 Å². The Morgan fingerprint density at radius 1 is 1.61 bits per heavy atom. The van der Waals surface area contributed by atoms with E-state index in [9.17, 15) is 14.4 Å². The molecular weight excluding hydrogens is 240 g/mol. The highest BCUT2D eigenvalue weighted by Gasteiger charge is 2.29. The molecule has 1 aliphatic rings. The number of amides is 4. The first-order valence-corrected chi connectivity index (χ1v) is 5.21. The summed E-state index contributed by atoms with van der Waals surface area (Å²) in [6.07, 6.45) is 0. The predicted octanol–water partition coefficient (Wildman–Crippen LogP) is -0.757. The molecule has 1 aromatic heterocycles. The molecule has 1 saturated heterocycles. The van der Waals surface area contributed by atoms with E-state index in [2.05, 4.69) is 5.32 Å². The maximum absolute atomic E-state index is 11.4. The molecule has 0 spiro atoms. The summed E-state index contributed by atoms with van der Waals surface area (Å²) in [7, 11) is 0. The summed E-state index contributed by atoms with van der Waals surface area (Å²) in [6.45, 7) is 1.64. The van der Waals surface area contributed by atoms with E-state index in [1.807, 2.05) is 5.43 Å². The number of furan rings is 1. The minimum Gasteiger partial charge on any atom is -0.454 e. The van der Waals surface area contributed by atoms with E-state index >= 15 is 0 Å². The Morgan fingerprint density at radius 2 is 2.33 bits per heavy atom. The number of hydrazine groups is 1. The van der Waals surface area contributed by atoms with Crippen LogP contribution in [0, 0.1) is 6.92 Å². The number of nitrogens with two attached hydrogens (primary N) is 1. The third-order valence-electron chi connectivity index (χ3n) is 2.56. The molecule has 0 radical (unpaired) electrons. The minimum atomic E-state index is -0.559. The largest absolute Gasteiger partial charge is 0.454 e. The summed E-state index contributed by atoms with van der Waals surface area (Å²) in [6, 6.07) is 1.11. The summed E-state index contributed by atoms with van der Waals surface area (Å²) in [4.78, 5) is 35.0. The Bertz CT molecular complexity index is 506. The molecule has 2 rings (SSSR count). The number of carbonyl (C=O) groups excluding carboxylic acids is 3. The molecule has 0 saturated carbocycles. The molecule has 0 aliphatic carbocycles. The van der Waals surface area contributed by atoms with E-state index in [4.69, 9.17) is 10.3 Å². The molecule has 4 N–H and O–H groups in total. The number of aryl methyl sites for hydroxylation is 1. The molecule has 8 heteroatoms. The van der Waals surface area contributed by atoms with Crippen LogP contribution in [0.2, 0.25) is 0 Å². The first-order chi connectivity index (χ1) is 8.52. The van der Waals surface area contributed by atoms with E-state index in [-0.39, 0.29) is 24.8 Å². The van der Waals surface area contributed by atoms with Crippen LogP contribution in [0.1, 0.15) is 21.9 Å². The molecule has 1 aliphatic heterocycles. The molecule has 1 fully saturated rings. The van der Waals surface area contributed by atoms with Crippen molar-refractivity contribution in [1.82, 2.24) is 15.6 Å². The number of hydrogen-bond acceptors (Lipinski definition) is 5. The van der Waals surface area contributed by atoms with Crippen molar-refractivity contribution in [3.63, 3.8) is 0 Å². The van der Waals surface area contributed by atoms with Crippen LogP contribution in [-0.4, -0.2) is 29.3 Å². The number of hydrogen-bond donors (Lipinski definition) is 3. The van der Waals surface area contributed by atoms with Crippen LogP contribution in [0.4, 0.5) is 4.79 Å². The molecule has 2 heterocycles. The molecule has 1 aromatic rings. The molecule has 0 unspecified atom stereocenters. The van der Waals surface area contributed by atoms with Crippen LogP contribution < -0.4 is 16.6 Å². The van der Waals surface area contributed by atoms with Crippen LogP contribution in [-0.2, 0) is 11.3 Å². The molecule has 0 atom stereocenters. The van der Waals surface area contributed by atoms with Crippen molar-refractivity contribution in [2.75, 3.05) is 6.54 Å². The van der Waals surface area contributed by atoms with E-state index in [0.717, 1.165) is 4.90 Å². The molecule has 18 heavy (non-hydrogen) atoms. The Morgan fingerprint density at radius 3 is 2.89 bits per heavy atom. The highest BCUT2D eigenvalue weighted by atomic mass is 16.4. The number of carbonyl (C=O) groups is 3.